The molecule has 0 saturated carbocycles. The van der Waals surface area contributed by atoms with Crippen molar-refractivity contribution < 1.29 is 14.6 Å². The van der Waals surface area contributed by atoms with Crippen molar-refractivity contribution in [1.29, 1.82) is 0 Å². The van der Waals surface area contributed by atoms with E-state index in [1.54, 1.807) is 0 Å². The molecule has 0 amide bonds. The molecule has 3 nitrogen and oxygen atoms in total. The lowest BCUT2D eigenvalue weighted by Crippen LogP contribution is -2.32. The highest BCUT2D eigenvalue weighted by atomic mass is 16.5. The van der Waals surface area contributed by atoms with Crippen molar-refractivity contribution in [3.05, 3.63) is 82.5 Å². The number of carbonyl (C=O) groups is 1. The minimum absolute atomic E-state index is 0.0241. The second-order valence-electron chi connectivity index (χ2n) is 12.0. The lowest BCUT2D eigenvalue weighted by Gasteiger charge is -2.38. The van der Waals surface area contributed by atoms with Crippen LogP contribution in [-0.4, -0.2) is 23.3 Å². The van der Waals surface area contributed by atoms with Crippen LogP contribution in [0.25, 0.3) is 0 Å². The van der Waals surface area contributed by atoms with E-state index in [1.165, 1.54) is 27.9 Å². The van der Waals surface area contributed by atoms with Crippen LogP contribution in [0.15, 0.2) is 82.5 Å². The quantitative estimate of drug-likeness (QED) is 0.210. The van der Waals surface area contributed by atoms with Gasteiger partial charge in [0.05, 0.1) is 6.10 Å². The zero-order chi connectivity index (χ0) is 27.1. The molecule has 0 aliphatic heterocycles. The topological polar surface area (TPSA) is 46.5 Å². The van der Waals surface area contributed by atoms with E-state index in [1.807, 2.05) is 13.0 Å². The number of hydrogen-bond donors (Lipinski definition) is 1. The first kappa shape index (κ1) is 29.8. The van der Waals surface area contributed by atoms with E-state index in [-0.39, 0.29) is 29.0 Å². The normalized spacial score (nSPS) is 27.3. The minimum atomic E-state index is -0.333. The Labute approximate surface area is 220 Å². The average Bonchev–Trinajstić information content (AvgIpc) is 2.74. The van der Waals surface area contributed by atoms with Crippen LogP contribution in [0.3, 0.4) is 0 Å². The molecule has 0 fully saturated rings. The maximum absolute atomic E-state index is 11.7. The molecule has 0 bridgehead atoms. The van der Waals surface area contributed by atoms with Gasteiger partial charge in [-0.1, -0.05) is 112 Å². The molecule has 0 saturated heterocycles. The van der Waals surface area contributed by atoms with Gasteiger partial charge in [0.25, 0.3) is 0 Å². The summed E-state index contributed by atoms with van der Waals surface area (Å²) < 4.78 is 5.64. The third-order valence-corrected chi connectivity index (χ3v) is 7.46. The number of ether oxygens (including phenoxy) is 1. The summed E-state index contributed by atoms with van der Waals surface area (Å²) >= 11 is 0. The summed E-state index contributed by atoms with van der Waals surface area (Å²) in [7, 11) is 0. The first-order valence-corrected chi connectivity index (χ1v) is 13.4. The molecule has 2 aliphatic carbocycles. The molecular weight excluding hydrogens is 444 g/mol. The third-order valence-electron chi connectivity index (χ3n) is 7.46. The van der Waals surface area contributed by atoms with Crippen molar-refractivity contribution in [2.24, 2.45) is 16.7 Å². The Morgan fingerprint density at radius 1 is 1.06 bits per heavy atom. The van der Waals surface area contributed by atoms with Crippen molar-refractivity contribution in [2.75, 3.05) is 0 Å². The molecule has 36 heavy (non-hydrogen) atoms. The van der Waals surface area contributed by atoms with Gasteiger partial charge in [0.2, 0.25) is 0 Å². The summed E-state index contributed by atoms with van der Waals surface area (Å²) in [5.41, 5.74) is 6.29. The number of carbonyl (C=O) groups excluding carboxylic acids is 1. The van der Waals surface area contributed by atoms with E-state index in [0.717, 1.165) is 19.3 Å². The summed E-state index contributed by atoms with van der Waals surface area (Å²) in [5.74, 6) is 0.230. The van der Waals surface area contributed by atoms with E-state index >= 15 is 0 Å². The predicted molar refractivity (Wildman–Crippen MR) is 152 cm³/mol. The SMILES string of the molecule is CCC(=O)O[C@H]1CC(C)=C(/C=C/C(C)=C/C=C/C=C(C)/C=C/[C@@H]2C(C)=C[C@@H](O)CC2(C)C)C(C)(C)C1. The Balaban J connectivity index is 2.01. The van der Waals surface area contributed by atoms with Crippen LogP contribution in [0.4, 0.5) is 0 Å². The second-order valence-corrected chi connectivity index (χ2v) is 12.0. The molecule has 0 radical (unpaired) electrons. The van der Waals surface area contributed by atoms with Gasteiger partial charge in [0.1, 0.15) is 6.10 Å². The van der Waals surface area contributed by atoms with Crippen LogP contribution < -0.4 is 0 Å². The van der Waals surface area contributed by atoms with Crippen molar-refractivity contribution >= 4 is 5.97 Å². The fraction of sp³-hybridized carbons (Fsp3) is 0.545. The van der Waals surface area contributed by atoms with E-state index in [4.69, 9.17) is 4.74 Å². The highest BCUT2D eigenvalue weighted by Crippen LogP contribution is 2.43. The maximum Gasteiger partial charge on any atom is 0.305 e. The summed E-state index contributed by atoms with van der Waals surface area (Å²) in [4.78, 5) is 11.7. The fourth-order valence-electron chi connectivity index (χ4n) is 5.65. The van der Waals surface area contributed by atoms with Gasteiger partial charge in [-0.05, 0) is 56.9 Å². The Morgan fingerprint density at radius 3 is 2.22 bits per heavy atom. The van der Waals surface area contributed by atoms with Gasteiger partial charge in [0, 0.05) is 18.8 Å². The summed E-state index contributed by atoms with van der Waals surface area (Å²) in [5, 5.41) is 10.0. The zero-order valence-corrected chi connectivity index (χ0v) is 24.0. The molecule has 3 heteroatoms. The molecule has 0 spiro atoms. The molecule has 2 aliphatic rings. The number of allylic oxidation sites excluding steroid dienone is 12. The fourth-order valence-corrected chi connectivity index (χ4v) is 5.65. The smallest absolute Gasteiger partial charge is 0.305 e. The number of aliphatic hydroxyl groups excluding tert-OH is 1. The van der Waals surface area contributed by atoms with Gasteiger partial charge in [-0.25, -0.2) is 0 Å². The number of rotatable bonds is 8. The number of hydrogen-bond acceptors (Lipinski definition) is 3. The minimum Gasteiger partial charge on any atom is -0.462 e. The van der Waals surface area contributed by atoms with Crippen LogP contribution in [0, 0.1) is 16.7 Å². The largest absolute Gasteiger partial charge is 0.462 e. The van der Waals surface area contributed by atoms with Crippen LogP contribution in [0.2, 0.25) is 0 Å². The Bertz CT molecular complexity index is 1010. The molecule has 0 heterocycles. The van der Waals surface area contributed by atoms with Crippen LogP contribution in [-0.2, 0) is 9.53 Å². The monoisotopic (exact) mass is 492 g/mol. The molecule has 0 aromatic heterocycles. The van der Waals surface area contributed by atoms with Crippen LogP contribution in [0.1, 0.15) is 88.0 Å². The zero-order valence-electron chi connectivity index (χ0n) is 24.0. The van der Waals surface area contributed by atoms with Crippen LogP contribution >= 0.6 is 0 Å². The average molecular weight is 493 g/mol. The molecular formula is C33H48O3. The van der Waals surface area contributed by atoms with Gasteiger partial charge >= 0.3 is 5.97 Å². The van der Waals surface area contributed by atoms with Gasteiger partial charge < -0.3 is 9.84 Å². The van der Waals surface area contributed by atoms with Crippen LogP contribution in [0.5, 0.6) is 0 Å². The van der Waals surface area contributed by atoms with Gasteiger partial charge in [-0.3, -0.25) is 4.79 Å². The first-order chi connectivity index (χ1) is 16.7. The molecule has 3 atom stereocenters. The standard InChI is InChI=1S/C33H48O3/c1-10-31(35)36-28-20-26(5)30(33(8,9)22-28)18-16-24(3)14-12-11-13-23(2)15-17-29-25(4)19-27(34)21-32(29,6)7/h11-19,27-29,34H,10,20-22H2,1-9H3/b12-11+,17-15+,18-16+,23-13+,24-14+/t27-,28+,29-/m1/s1. The second kappa shape index (κ2) is 12.7. The van der Waals surface area contributed by atoms with Gasteiger partial charge in [-0.2, -0.15) is 0 Å². The van der Waals surface area contributed by atoms with Crippen molar-refractivity contribution in [3.8, 4) is 0 Å². The highest BCUT2D eigenvalue weighted by Gasteiger charge is 2.35. The molecule has 0 unspecified atom stereocenters. The number of aliphatic hydroxyl groups is 1. The van der Waals surface area contributed by atoms with E-state index in [0.29, 0.717) is 12.3 Å². The van der Waals surface area contributed by atoms with Gasteiger partial charge in [-0.15, -0.1) is 0 Å². The molecule has 0 aromatic carbocycles. The van der Waals surface area contributed by atoms with E-state index in [2.05, 4.69) is 104 Å². The maximum atomic E-state index is 11.7. The molecule has 1 N–H and O–H groups in total. The Kier molecular flexibility index (Phi) is 10.5. The lowest BCUT2D eigenvalue weighted by atomic mass is 9.67. The van der Waals surface area contributed by atoms with E-state index in [9.17, 15) is 9.90 Å². The van der Waals surface area contributed by atoms with Gasteiger partial charge in [0.15, 0.2) is 0 Å². The van der Waals surface area contributed by atoms with E-state index < -0.39 is 0 Å². The Hall–Kier alpha value is -2.39. The molecule has 2 rings (SSSR count). The highest BCUT2D eigenvalue weighted by molar-refractivity contribution is 5.69. The lowest BCUT2D eigenvalue weighted by molar-refractivity contribution is -0.150. The first-order valence-electron chi connectivity index (χ1n) is 13.4. The van der Waals surface area contributed by atoms with Crippen molar-refractivity contribution in [3.63, 3.8) is 0 Å². The van der Waals surface area contributed by atoms with Crippen molar-refractivity contribution in [1.82, 2.24) is 0 Å². The molecule has 198 valence electrons. The Morgan fingerprint density at radius 2 is 1.67 bits per heavy atom. The number of esters is 1. The summed E-state index contributed by atoms with van der Waals surface area (Å²) in [6, 6.07) is 0. The third kappa shape index (κ3) is 8.62. The molecule has 0 aromatic rings. The summed E-state index contributed by atoms with van der Waals surface area (Å²) in [6.45, 7) is 19.3. The summed E-state index contributed by atoms with van der Waals surface area (Å²) in [6.07, 6.45) is 21.8. The predicted octanol–water partition coefficient (Wildman–Crippen LogP) is 8.36. The van der Waals surface area contributed by atoms with Crippen molar-refractivity contribution in [2.45, 2.75) is 100 Å².